The minimum atomic E-state index is -0.584. The van der Waals surface area contributed by atoms with Crippen molar-refractivity contribution in [1.82, 2.24) is 25.1 Å². The first-order chi connectivity index (χ1) is 14.9. The third kappa shape index (κ3) is 6.27. The average molecular weight is 468 g/mol. The molecule has 2 aromatic heterocycles. The van der Waals surface area contributed by atoms with Gasteiger partial charge in [-0.3, -0.25) is 9.48 Å². The molecule has 0 saturated heterocycles. The van der Waals surface area contributed by atoms with E-state index in [2.05, 4.69) is 31.0 Å². The summed E-state index contributed by atoms with van der Waals surface area (Å²) < 4.78 is 15.6. The molecule has 3 aromatic rings. The number of benzene rings is 1. The van der Waals surface area contributed by atoms with Crippen molar-refractivity contribution < 1.29 is 14.3 Å². The van der Waals surface area contributed by atoms with Crippen molar-refractivity contribution in [3.63, 3.8) is 0 Å². The van der Waals surface area contributed by atoms with Crippen LogP contribution in [0.25, 0.3) is 0 Å². The zero-order valence-corrected chi connectivity index (χ0v) is 18.0. The molecule has 0 bridgehead atoms. The first-order valence-corrected chi connectivity index (χ1v) is 10.00. The second kappa shape index (κ2) is 10.4. The Bertz CT molecular complexity index is 1060. The highest BCUT2D eigenvalue weighted by Gasteiger charge is 2.12. The fourth-order valence-corrected chi connectivity index (χ4v) is 2.97. The second-order valence-electron chi connectivity index (χ2n) is 6.64. The Morgan fingerprint density at radius 1 is 1.29 bits per heavy atom. The average Bonchev–Trinajstić information content (AvgIpc) is 3.17. The molecule has 0 unspecified atom stereocenters. The molecule has 1 aromatic carbocycles. The van der Waals surface area contributed by atoms with Crippen LogP contribution in [0.2, 0.25) is 10.0 Å². The summed E-state index contributed by atoms with van der Waals surface area (Å²) in [5.41, 5.74) is 0.807. The number of aliphatic hydroxyl groups excluding tert-OH is 1. The molecule has 0 fully saturated rings. The van der Waals surface area contributed by atoms with Crippen molar-refractivity contribution in [3.05, 3.63) is 58.2 Å². The molecule has 1 amide bonds. The van der Waals surface area contributed by atoms with E-state index < -0.39 is 5.82 Å². The van der Waals surface area contributed by atoms with E-state index in [1.54, 1.807) is 19.2 Å². The summed E-state index contributed by atoms with van der Waals surface area (Å²) in [6.07, 6.45) is 4.67. The third-order valence-corrected chi connectivity index (χ3v) is 4.76. The van der Waals surface area contributed by atoms with Crippen LogP contribution in [0.1, 0.15) is 12.5 Å². The van der Waals surface area contributed by atoms with Gasteiger partial charge in [-0.05, 0) is 25.1 Å². The van der Waals surface area contributed by atoms with E-state index in [-0.39, 0.29) is 53.2 Å². The standard InChI is InChI=1S/C19H20Cl2FN7O2/c1-11(10-30)26-17(31)9-29-8-12(6-25-29)27-19-23-5-4-16(28-19)24-7-13-14(20)2-3-15(21)18(13)22/h2-6,8,11,30H,7,9-10H2,1H3,(H,26,31)(H2,23,24,27,28)/t11-/m1/s1. The minimum absolute atomic E-state index is 0.000428. The highest BCUT2D eigenvalue weighted by molar-refractivity contribution is 6.33. The Morgan fingerprint density at radius 3 is 2.84 bits per heavy atom. The number of carbonyl (C=O) groups excluding carboxylic acids is 1. The number of rotatable bonds is 9. The van der Waals surface area contributed by atoms with Gasteiger partial charge in [0.05, 0.1) is 23.5 Å². The van der Waals surface area contributed by atoms with Crippen molar-refractivity contribution in [1.29, 1.82) is 0 Å². The van der Waals surface area contributed by atoms with Crippen LogP contribution in [-0.4, -0.2) is 43.4 Å². The molecule has 1 atom stereocenters. The molecule has 9 nitrogen and oxygen atoms in total. The summed E-state index contributed by atoms with van der Waals surface area (Å²) in [4.78, 5) is 20.3. The summed E-state index contributed by atoms with van der Waals surface area (Å²) >= 11 is 11.9. The number of nitrogens with zero attached hydrogens (tertiary/aromatic N) is 4. The minimum Gasteiger partial charge on any atom is -0.394 e. The Morgan fingerprint density at radius 2 is 2.06 bits per heavy atom. The molecule has 31 heavy (non-hydrogen) atoms. The van der Waals surface area contributed by atoms with Gasteiger partial charge in [0, 0.05) is 35.6 Å². The number of nitrogens with one attached hydrogen (secondary N) is 3. The van der Waals surface area contributed by atoms with Crippen LogP contribution in [0.5, 0.6) is 0 Å². The smallest absolute Gasteiger partial charge is 0.242 e. The summed E-state index contributed by atoms with van der Waals surface area (Å²) in [5.74, 6) is -0.136. The zero-order valence-electron chi connectivity index (χ0n) is 16.4. The number of anilines is 3. The number of halogens is 3. The van der Waals surface area contributed by atoms with E-state index in [9.17, 15) is 9.18 Å². The number of amides is 1. The first kappa shape index (κ1) is 22.7. The Labute approximate surface area is 187 Å². The molecular weight excluding hydrogens is 448 g/mol. The Kier molecular flexibility index (Phi) is 7.61. The van der Waals surface area contributed by atoms with Crippen molar-refractivity contribution in [2.24, 2.45) is 0 Å². The first-order valence-electron chi connectivity index (χ1n) is 9.24. The van der Waals surface area contributed by atoms with Crippen LogP contribution >= 0.6 is 23.2 Å². The lowest BCUT2D eigenvalue weighted by Crippen LogP contribution is -2.37. The fraction of sp³-hybridized carbons (Fsp3) is 0.263. The van der Waals surface area contributed by atoms with E-state index in [0.29, 0.717) is 11.5 Å². The molecule has 0 spiro atoms. The lowest BCUT2D eigenvalue weighted by molar-refractivity contribution is -0.122. The largest absolute Gasteiger partial charge is 0.394 e. The monoisotopic (exact) mass is 467 g/mol. The molecule has 12 heteroatoms. The second-order valence-corrected chi connectivity index (χ2v) is 7.46. The van der Waals surface area contributed by atoms with Crippen molar-refractivity contribution in [3.8, 4) is 0 Å². The Balaban J connectivity index is 1.61. The number of aliphatic hydroxyl groups is 1. The van der Waals surface area contributed by atoms with Crippen molar-refractivity contribution in [2.75, 3.05) is 17.2 Å². The van der Waals surface area contributed by atoms with Gasteiger partial charge in [-0.1, -0.05) is 23.2 Å². The molecule has 3 rings (SSSR count). The normalized spacial score (nSPS) is 11.8. The summed E-state index contributed by atoms with van der Waals surface area (Å²) in [7, 11) is 0. The molecule has 0 aliphatic heterocycles. The van der Waals surface area contributed by atoms with Gasteiger partial charge in [0.25, 0.3) is 0 Å². The molecule has 0 aliphatic carbocycles. The maximum Gasteiger partial charge on any atom is 0.242 e. The highest BCUT2D eigenvalue weighted by Crippen LogP contribution is 2.26. The lowest BCUT2D eigenvalue weighted by Gasteiger charge is -2.10. The van der Waals surface area contributed by atoms with Gasteiger partial charge >= 0.3 is 0 Å². The third-order valence-electron chi connectivity index (χ3n) is 4.12. The number of hydrogen-bond donors (Lipinski definition) is 4. The molecule has 0 saturated carbocycles. The van der Waals surface area contributed by atoms with E-state index in [0.717, 1.165) is 0 Å². The fourth-order valence-electron chi connectivity index (χ4n) is 2.58. The SMILES string of the molecule is C[C@H](CO)NC(=O)Cn1cc(Nc2nccc(NCc3c(Cl)ccc(Cl)c3F)n2)cn1. The maximum atomic E-state index is 14.2. The summed E-state index contributed by atoms with van der Waals surface area (Å²) in [5, 5.41) is 21.9. The predicted molar refractivity (Wildman–Crippen MR) is 116 cm³/mol. The van der Waals surface area contributed by atoms with E-state index >= 15 is 0 Å². The zero-order chi connectivity index (χ0) is 22.4. The van der Waals surface area contributed by atoms with Crippen molar-refractivity contribution in [2.45, 2.75) is 26.1 Å². The van der Waals surface area contributed by atoms with Crippen LogP contribution in [0.3, 0.4) is 0 Å². The lowest BCUT2D eigenvalue weighted by atomic mass is 10.2. The number of hydrogen-bond acceptors (Lipinski definition) is 7. The summed E-state index contributed by atoms with van der Waals surface area (Å²) in [6, 6.07) is 4.21. The van der Waals surface area contributed by atoms with Crippen LogP contribution < -0.4 is 16.0 Å². The van der Waals surface area contributed by atoms with Crippen LogP contribution in [0.15, 0.2) is 36.8 Å². The van der Waals surface area contributed by atoms with Crippen LogP contribution in [-0.2, 0) is 17.9 Å². The van der Waals surface area contributed by atoms with Crippen molar-refractivity contribution >= 4 is 46.6 Å². The Hall–Kier alpha value is -2.95. The maximum absolute atomic E-state index is 14.2. The quantitative estimate of drug-likeness (QED) is 0.357. The topological polar surface area (TPSA) is 117 Å². The van der Waals surface area contributed by atoms with Crippen LogP contribution in [0, 0.1) is 5.82 Å². The molecule has 4 N–H and O–H groups in total. The predicted octanol–water partition coefficient (Wildman–Crippen LogP) is 2.97. The molecular formula is C19H20Cl2FN7O2. The van der Waals surface area contributed by atoms with Gasteiger partial charge in [-0.15, -0.1) is 0 Å². The van der Waals surface area contributed by atoms with E-state index in [1.165, 1.54) is 29.2 Å². The highest BCUT2D eigenvalue weighted by atomic mass is 35.5. The summed E-state index contributed by atoms with van der Waals surface area (Å²) in [6.45, 7) is 1.64. The van der Waals surface area contributed by atoms with Gasteiger partial charge in [0.15, 0.2) is 0 Å². The molecule has 0 aliphatic rings. The van der Waals surface area contributed by atoms with Crippen LogP contribution in [0.4, 0.5) is 21.8 Å². The molecule has 0 radical (unpaired) electrons. The van der Waals surface area contributed by atoms with Gasteiger partial charge in [0.1, 0.15) is 18.2 Å². The van der Waals surface area contributed by atoms with E-state index in [4.69, 9.17) is 28.3 Å². The van der Waals surface area contributed by atoms with Gasteiger partial charge < -0.3 is 21.1 Å². The number of carbonyl (C=O) groups is 1. The molecule has 164 valence electrons. The van der Waals surface area contributed by atoms with E-state index in [1.807, 2.05) is 0 Å². The van der Waals surface area contributed by atoms with Gasteiger partial charge in [0.2, 0.25) is 11.9 Å². The van der Waals surface area contributed by atoms with Gasteiger partial charge in [-0.25, -0.2) is 9.37 Å². The number of aromatic nitrogens is 4. The van der Waals surface area contributed by atoms with Gasteiger partial charge in [-0.2, -0.15) is 10.1 Å². The molecule has 2 heterocycles.